The third-order valence-corrected chi connectivity index (χ3v) is 5.61. The molecule has 0 saturated carbocycles. The van der Waals surface area contributed by atoms with Crippen LogP contribution < -0.4 is 10.6 Å². The van der Waals surface area contributed by atoms with E-state index in [1.807, 2.05) is 88.4 Å². The second kappa shape index (κ2) is 10.7. The average molecular weight is 413 g/mol. The lowest BCUT2D eigenvalue weighted by atomic mass is 9.68. The summed E-state index contributed by atoms with van der Waals surface area (Å²) in [6, 6.07) is 19.1. The molecule has 0 bridgehead atoms. The summed E-state index contributed by atoms with van der Waals surface area (Å²) in [5.74, 6) is 0. The fraction of sp³-hybridized carbons (Fsp3) is 0.417. The highest BCUT2D eigenvalue weighted by molar-refractivity contribution is 5.67. The Kier molecular flexibility index (Phi) is 8.27. The Hall–Kier alpha value is -3.02. The molecule has 6 nitrogen and oxygen atoms in total. The van der Waals surface area contributed by atoms with Gasteiger partial charge in [0.1, 0.15) is 13.2 Å². The van der Waals surface area contributed by atoms with Crippen molar-refractivity contribution >= 4 is 12.2 Å². The van der Waals surface area contributed by atoms with E-state index in [4.69, 9.17) is 9.47 Å². The largest absolute Gasteiger partial charge is 0.445 e. The summed E-state index contributed by atoms with van der Waals surface area (Å²) in [7, 11) is 0. The molecule has 0 unspecified atom stereocenters. The number of carbonyl (C=O) groups is 2. The lowest BCUT2D eigenvalue weighted by Gasteiger charge is -2.41. The highest BCUT2D eigenvalue weighted by Crippen LogP contribution is 2.37. The maximum atomic E-state index is 12.1. The topological polar surface area (TPSA) is 76.7 Å². The van der Waals surface area contributed by atoms with E-state index in [9.17, 15) is 9.59 Å². The van der Waals surface area contributed by atoms with Gasteiger partial charge in [0.15, 0.2) is 0 Å². The molecule has 0 fully saturated rings. The summed E-state index contributed by atoms with van der Waals surface area (Å²) in [6.45, 7) is 9.45. The quantitative estimate of drug-likeness (QED) is 0.615. The van der Waals surface area contributed by atoms with Crippen LogP contribution in [0.2, 0.25) is 0 Å². The predicted octanol–water partition coefficient (Wildman–Crippen LogP) is 4.89. The van der Waals surface area contributed by atoms with Crippen LogP contribution in [0.15, 0.2) is 60.7 Å². The van der Waals surface area contributed by atoms with Gasteiger partial charge in [-0.3, -0.25) is 0 Å². The van der Waals surface area contributed by atoms with Crippen LogP contribution in [0.5, 0.6) is 0 Å². The molecule has 0 atom stereocenters. The van der Waals surface area contributed by atoms with Crippen molar-refractivity contribution in [2.75, 3.05) is 13.1 Å². The minimum atomic E-state index is -0.460. The van der Waals surface area contributed by atoms with Crippen molar-refractivity contribution in [3.63, 3.8) is 0 Å². The van der Waals surface area contributed by atoms with Crippen molar-refractivity contribution in [3.8, 4) is 0 Å². The van der Waals surface area contributed by atoms with Crippen molar-refractivity contribution in [3.05, 3.63) is 71.8 Å². The Morgan fingerprint density at radius 1 is 0.667 bits per heavy atom. The lowest BCUT2D eigenvalue weighted by molar-refractivity contribution is 0.0863. The van der Waals surface area contributed by atoms with Gasteiger partial charge in [0.25, 0.3) is 0 Å². The third-order valence-electron chi connectivity index (χ3n) is 5.61. The number of hydrogen-bond donors (Lipinski definition) is 2. The molecular weight excluding hydrogens is 380 g/mol. The van der Waals surface area contributed by atoms with E-state index in [0.717, 1.165) is 11.1 Å². The molecule has 0 aromatic heterocycles. The number of carbonyl (C=O) groups excluding carboxylic acids is 2. The van der Waals surface area contributed by atoms with Gasteiger partial charge in [0, 0.05) is 13.1 Å². The van der Waals surface area contributed by atoms with Gasteiger partial charge in [-0.1, -0.05) is 88.4 Å². The highest BCUT2D eigenvalue weighted by atomic mass is 16.6. The van der Waals surface area contributed by atoms with E-state index >= 15 is 0 Å². The number of nitrogens with one attached hydrogen (secondary N) is 2. The Morgan fingerprint density at radius 2 is 1.00 bits per heavy atom. The maximum absolute atomic E-state index is 12.1. The normalized spacial score (nSPS) is 11.5. The summed E-state index contributed by atoms with van der Waals surface area (Å²) in [5.41, 5.74) is 1.27. The average Bonchev–Trinajstić information content (AvgIpc) is 2.75. The molecular formula is C24H32N2O4. The second-order valence-corrected chi connectivity index (χ2v) is 8.60. The van der Waals surface area contributed by atoms with E-state index in [0.29, 0.717) is 13.1 Å². The van der Waals surface area contributed by atoms with E-state index in [2.05, 4.69) is 10.6 Å². The van der Waals surface area contributed by atoms with Crippen molar-refractivity contribution in [1.29, 1.82) is 0 Å². The van der Waals surface area contributed by atoms with Crippen molar-refractivity contribution in [2.45, 2.75) is 40.9 Å². The van der Waals surface area contributed by atoms with E-state index in [1.54, 1.807) is 0 Å². The molecule has 0 spiro atoms. The summed E-state index contributed by atoms with van der Waals surface area (Å²) in [6.07, 6.45) is -0.920. The maximum Gasteiger partial charge on any atom is 0.407 e. The fourth-order valence-corrected chi connectivity index (χ4v) is 2.61. The van der Waals surface area contributed by atoms with Gasteiger partial charge >= 0.3 is 12.2 Å². The molecule has 2 amide bonds. The molecule has 0 saturated heterocycles. The molecule has 30 heavy (non-hydrogen) atoms. The zero-order chi connectivity index (χ0) is 22.0. The monoisotopic (exact) mass is 412 g/mol. The molecule has 0 radical (unpaired) electrons. The molecule has 2 aromatic carbocycles. The van der Waals surface area contributed by atoms with Crippen LogP contribution >= 0.6 is 0 Å². The Bertz CT molecular complexity index is 735. The Labute approximate surface area is 179 Å². The van der Waals surface area contributed by atoms with Crippen LogP contribution in [0.25, 0.3) is 0 Å². The molecule has 2 rings (SSSR count). The minimum Gasteiger partial charge on any atom is -0.445 e. The Morgan fingerprint density at radius 3 is 1.33 bits per heavy atom. The summed E-state index contributed by atoms with van der Waals surface area (Å²) >= 11 is 0. The van der Waals surface area contributed by atoms with Crippen LogP contribution in [0.1, 0.15) is 38.8 Å². The predicted molar refractivity (Wildman–Crippen MR) is 117 cm³/mol. The highest BCUT2D eigenvalue weighted by Gasteiger charge is 2.37. The first-order valence-corrected chi connectivity index (χ1v) is 10.1. The zero-order valence-electron chi connectivity index (χ0n) is 18.2. The first-order valence-electron chi connectivity index (χ1n) is 10.1. The first kappa shape index (κ1) is 23.3. The molecule has 162 valence electrons. The molecule has 6 heteroatoms. The Balaban J connectivity index is 1.74. The molecule has 2 N–H and O–H groups in total. The van der Waals surface area contributed by atoms with Crippen molar-refractivity contribution in [2.24, 2.45) is 10.8 Å². The van der Waals surface area contributed by atoms with Gasteiger partial charge in [0.2, 0.25) is 0 Å². The van der Waals surface area contributed by atoms with E-state index < -0.39 is 12.2 Å². The number of ether oxygens (including phenoxy) is 2. The number of amides is 2. The molecule has 0 heterocycles. The first-order chi connectivity index (χ1) is 14.2. The third kappa shape index (κ3) is 7.43. The fourth-order valence-electron chi connectivity index (χ4n) is 2.61. The number of hydrogen-bond acceptors (Lipinski definition) is 4. The van der Waals surface area contributed by atoms with Gasteiger partial charge in [0.05, 0.1) is 0 Å². The molecule has 0 aliphatic heterocycles. The van der Waals surface area contributed by atoms with Gasteiger partial charge in [-0.05, 0) is 22.0 Å². The van der Waals surface area contributed by atoms with Crippen molar-refractivity contribution < 1.29 is 19.1 Å². The summed E-state index contributed by atoms with van der Waals surface area (Å²) in [4.78, 5) is 24.1. The minimum absolute atomic E-state index is 0.227. The standard InChI is InChI=1S/C24H32N2O4/c1-23(2,17-25-21(27)29-15-19-11-7-5-8-12-19)24(3,4)18-26-22(28)30-16-20-13-9-6-10-14-20/h5-14H,15-18H2,1-4H3,(H,25,27)(H,26,28). The van der Waals surface area contributed by atoms with Crippen LogP contribution in [-0.4, -0.2) is 25.3 Å². The molecule has 2 aromatic rings. The SMILES string of the molecule is CC(C)(CNC(=O)OCc1ccccc1)C(C)(C)CNC(=O)OCc1ccccc1. The second-order valence-electron chi connectivity index (χ2n) is 8.60. The van der Waals surface area contributed by atoms with Gasteiger partial charge in [-0.25, -0.2) is 9.59 Å². The molecule has 0 aliphatic rings. The van der Waals surface area contributed by atoms with Gasteiger partial charge in [-0.2, -0.15) is 0 Å². The van der Waals surface area contributed by atoms with Gasteiger partial charge < -0.3 is 20.1 Å². The molecule has 0 aliphatic carbocycles. The van der Waals surface area contributed by atoms with Gasteiger partial charge in [-0.15, -0.1) is 0 Å². The number of benzene rings is 2. The number of alkyl carbamates (subject to hydrolysis) is 2. The smallest absolute Gasteiger partial charge is 0.407 e. The van der Waals surface area contributed by atoms with Crippen LogP contribution in [0, 0.1) is 10.8 Å². The zero-order valence-corrected chi connectivity index (χ0v) is 18.2. The summed E-state index contributed by atoms with van der Waals surface area (Å²) in [5, 5.41) is 5.66. The van der Waals surface area contributed by atoms with E-state index in [-0.39, 0.29) is 24.0 Å². The number of rotatable bonds is 9. The van der Waals surface area contributed by atoms with Crippen LogP contribution in [0.3, 0.4) is 0 Å². The van der Waals surface area contributed by atoms with Crippen LogP contribution in [0.4, 0.5) is 9.59 Å². The van der Waals surface area contributed by atoms with Crippen molar-refractivity contribution in [1.82, 2.24) is 10.6 Å². The van der Waals surface area contributed by atoms with Crippen LogP contribution in [-0.2, 0) is 22.7 Å². The lowest BCUT2D eigenvalue weighted by Crippen LogP contribution is -2.48. The van der Waals surface area contributed by atoms with E-state index in [1.165, 1.54) is 0 Å². The summed E-state index contributed by atoms with van der Waals surface area (Å²) < 4.78 is 10.5.